The van der Waals surface area contributed by atoms with Gasteiger partial charge in [0, 0.05) is 22.6 Å². The van der Waals surface area contributed by atoms with Gasteiger partial charge in [0.25, 0.3) is 0 Å². The molecule has 26 heavy (non-hydrogen) atoms. The van der Waals surface area contributed by atoms with E-state index in [4.69, 9.17) is 5.73 Å². The first-order valence-electron chi connectivity index (χ1n) is 8.68. The Morgan fingerprint density at radius 1 is 0.500 bits per heavy atom. The molecule has 0 aromatic heterocycles. The van der Waals surface area contributed by atoms with E-state index < -0.39 is 0 Å². The Hall–Kier alpha value is -3.52. The van der Waals surface area contributed by atoms with Crippen molar-refractivity contribution in [2.24, 2.45) is 0 Å². The smallest absolute Gasteiger partial charge is 0.0540 e. The molecule has 0 fully saturated rings. The molecular weight excluding hydrogens is 316 g/mol. The molecule has 0 aliphatic carbocycles. The maximum Gasteiger partial charge on any atom is 0.0540 e. The molecule has 0 aliphatic rings. The van der Waals surface area contributed by atoms with Crippen LogP contribution in [0.1, 0.15) is 0 Å². The number of benzene rings is 4. The third-order valence-corrected chi connectivity index (χ3v) is 4.40. The molecule has 4 aromatic rings. The van der Waals surface area contributed by atoms with E-state index in [2.05, 4.69) is 89.8 Å². The van der Waals surface area contributed by atoms with Gasteiger partial charge >= 0.3 is 0 Å². The van der Waals surface area contributed by atoms with E-state index in [0.29, 0.717) is 0 Å². The minimum absolute atomic E-state index is 0.772. The van der Waals surface area contributed by atoms with E-state index in [1.165, 1.54) is 5.56 Å². The quantitative estimate of drug-likeness (QED) is 0.437. The molecule has 126 valence electrons. The molecule has 0 spiro atoms. The van der Waals surface area contributed by atoms with E-state index >= 15 is 0 Å². The summed E-state index contributed by atoms with van der Waals surface area (Å²) in [5, 5.41) is 0. The van der Waals surface area contributed by atoms with Crippen molar-refractivity contribution in [3.8, 4) is 11.1 Å². The fourth-order valence-corrected chi connectivity index (χ4v) is 3.16. The average molecular weight is 336 g/mol. The molecule has 2 nitrogen and oxygen atoms in total. The van der Waals surface area contributed by atoms with E-state index in [9.17, 15) is 0 Å². The normalized spacial score (nSPS) is 10.5. The summed E-state index contributed by atoms with van der Waals surface area (Å²) >= 11 is 0. The highest BCUT2D eigenvalue weighted by Gasteiger charge is 2.16. The summed E-state index contributed by atoms with van der Waals surface area (Å²) < 4.78 is 0. The molecule has 4 aromatic carbocycles. The third kappa shape index (κ3) is 3.17. The third-order valence-electron chi connectivity index (χ3n) is 4.40. The Bertz CT molecular complexity index is 938. The van der Waals surface area contributed by atoms with Crippen LogP contribution in [0.5, 0.6) is 0 Å². The first-order valence-corrected chi connectivity index (χ1v) is 8.68. The van der Waals surface area contributed by atoms with Crippen molar-refractivity contribution in [2.75, 3.05) is 10.6 Å². The van der Waals surface area contributed by atoms with Gasteiger partial charge in [0.2, 0.25) is 0 Å². The standard InChI is InChI=1S/C24H20N2/c25-20-17-15-19(16-18-20)23-13-7-8-14-24(23)26(21-9-3-1-4-10-21)22-11-5-2-6-12-22/h1-18H,25H2. The molecule has 0 saturated heterocycles. The molecule has 0 bridgehead atoms. The van der Waals surface area contributed by atoms with Gasteiger partial charge in [-0.1, -0.05) is 66.7 Å². The second-order valence-electron chi connectivity index (χ2n) is 6.15. The Morgan fingerprint density at radius 2 is 1.00 bits per heavy atom. The zero-order valence-corrected chi connectivity index (χ0v) is 14.4. The van der Waals surface area contributed by atoms with Gasteiger partial charge in [-0.3, -0.25) is 0 Å². The van der Waals surface area contributed by atoms with Crippen molar-refractivity contribution in [1.29, 1.82) is 0 Å². The summed E-state index contributed by atoms with van der Waals surface area (Å²) in [6.07, 6.45) is 0. The van der Waals surface area contributed by atoms with E-state index in [-0.39, 0.29) is 0 Å². The fourth-order valence-electron chi connectivity index (χ4n) is 3.16. The fraction of sp³-hybridized carbons (Fsp3) is 0. The number of hydrogen-bond acceptors (Lipinski definition) is 2. The second kappa shape index (κ2) is 7.16. The van der Waals surface area contributed by atoms with Crippen molar-refractivity contribution >= 4 is 22.7 Å². The van der Waals surface area contributed by atoms with Crippen molar-refractivity contribution in [3.05, 3.63) is 109 Å². The zero-order chi connectivity index (χ0) is 17.8. The molecule has 0 aliphatic heterocycles. The maximum absolute atomic E-state index is 5.87. The molecule has 0 radical (unpaired) electrons. The summed E-state index contributed by atoms with van der Waals surface area (Å²) in [5.41, 5.74) is 12.3. The Morgan fingerprint density at radius 3 is 1.58 bits per heavy atom. The first-order chi connectivity index (χ1) is 12.8. The van der Waals surface area contributed by atoms with E-state index in [1.807, 2.05) is 24.3 Å². The lowest BCUT2D eigenvalue weighted by Crippen LogP contribution is -2.10. The van der Waals surface area contributed by atoms with Gasteiger partial charge in [0.15, 0.2) is 0 Å². The van der Waals surface area contributed by atoms with Gasteiger partial charge in [-0.2, -0.15) is 0 Å². The Kier molecular flexibility index (Phi) is 4.40. The molecule has 0 atom stereocenters. The lowest BCUT2D eigenvalue weighted by molar-refractivity contribution is 1.28. The predicted molar refractivity (Wildman–Crippen MR) is 111 cm³/mol. The van der Waals surface area contributed by atoms with Crippen LogP contribution in [0, 0.1) is 0 Å². The molecule has 4 rings (SSSR count). The molecule has 2 heteroatoms. The van der Waals surface area contributed by atoms with Gasteiger partial charge in [0.1, 0.15) is 0 Å². The van der Waals surface area contributed by atoms with Crippen LogP contribution in [-0.2, 0) is 0 Å². The van der Waals surface area contributed by atoms with Gasteiger partial charge in [-0.05, 0) is 48.0 Å². The van der Waals surface area contributed by atoms with E-state index in [1.54, 1.807) is 0 Å². The minimum atomic E-state index is 0.772. The van der Waals surface area contributed by atoms with Crippen LogP contribution in [0.15, 0.2) is 109 Å². The highest BCUT2D eigenvalue weighted by Crippen LogP contribution is 2.40. The van der Waals surface area contributed by atoms with Crippen molar-refractivity contribution in [3.63, 3.8) is 0 Å². The number of nitrogens with zero attached hydrogens (tertiary/aromatic N) is 1. The number of rotatable bonds is 4. The van der Waals surface area contributed by atoms with Crippen LogP contribution >= 0.6 is 0 Å². The van der Waals surface area contributed by atoms with Gasteiger partial charge in [-0.15, -0.1) is 0 Å². The lowest BCUT2D eigenvalue weighted by atomic mass is 10.0. The molecule has 0 saturated carbocycles. The van der Waals surface area contributed by atoms with Crippen LogP contribution in [-0.4, -0.2) is 0 Å². The summed E-state index contributed by atoms with van der Waals surface area (Å²) in [6, 6.07) is 37.4. The highest BCUT2D eigenvalue weighted by atomic mass is 15.1. The Labute approximate surface area is 154 Å². The Balaban J connectivity index is 1.91. The predicted octanol–water partition coefficient (Wildman–Crippen LogP) is 6.41. The topological polar surface area (TPSA) is 29.3 Å². The van der Waals surface area contributed by atoms with Crippen molar-refractivity contribution in [1.82, 2.24) is 0 Å². The zero-order valence-electron chi connectivity index (χ0n) is 14.4. The average Bonchev–Trinajstić information content (AvgIpc) is 2.71. The van der Waals surface area contributed by atoms with Crippen LogP contribution in [0.25, 0.3) is 11.1 Å². The monoisotopic (exact) mass is 336 g/mol. The van der Waals surface area contributed by atoms with Crippen LogP contribution in [0.2, 0.25) is 0 Å². The lowest BCUT2D eigenvalue weighted by Gasteiger charge is -2.27. The number of anilines is 4. The number of nitrogens with two attached hydrogens (primary N) is 1. The number of para-hydroxylation sites is 3. The molecule has 0 amide bonds. The molecule has 2 N–H and O–H groups in total. The van der Waals surface area contributed by atoms with Crippen molar-refractivity contribution in [2.45, 2.75) is 0 Å². The molecule has 0 heterocycles. The number of nitrogen functional groups attached to an aromatic ring is 1. The summed E-state index contributed by atoms with van der Waals surface area (Å²) in [5.74, 6) is 0. The van der Waals surface area contributed by atoms with Gasteiger partial charge in [0.05, 0.1) is 5.69 Å². The SMILES string of the molecule is Nc1ccc(-c2ccccc2N(c2ccccc2)c2ccccc2)cc1. The van der Waals surface area contributed by atoms with Crippen LogP contribution in [0.4, 0.5) is 22.7 Å². The largest absolute Gasteiger partial charge is 0.399 e. The van der Waals surface area contributed by atoms with E-state index in [0.717, 1.165) is 28.3 Å². The van der Waals surface area contributed by atoms with Crippen molar-refractivity contribution < 1.29 is 0 Å². The van der Waals surface area contributed by atoms with Gasteiger partial charge < -0.3 is 10.6 Å². The van der Waals surface area contributed by atoms with Gasteiger partial charge in [-0.25, -0.2) is 0 Å². The molecular formula is C24H20N2. The number of hydrogen-bond donors (Lipinski definition) is 1. The maximum atomic E-state index is 5.87. The van der Waals surface area contributed by atoms with Crippen LogP contribution in [0.3, 0.4) is 0 Å². The summed E-state index contributed by atoms with van der Waals surface area (Å²) in [7, 11) is 0. The first kappa shape index (κ1) is 16.0. The minimum Gasteiger partial charge on any atom is -0.399 e. The summed E-state index contributed by atoms with van der Waals surface area (Å²) in [4.78, 5) is 2.28. The highest BCUT2D eigenvalue weighted by molar-refractivity contribution is 5.88. The second-order valence-corrected chi connectivity index (χ2v) is 6.15. The molecule has 0 unspecified atom stereocenters. The van der Waals surface area contributed by atoms with Crippen LogP contribution < -0.4 is 10.6 Å². The summed E-state index contributed by atoms with van der Waals surface area (Å²) in [6.45, 7) is 0.